The lowest BCUT2D eigenvalue weighted by molar-refractivity contribution is -0.119. The second kappa shape index (κ2) is 10.6. The van der Waals surface area contributed by atoms with Gasteiger partial charge in [0.05, 0.1) is 26.1 Å². The molecule has 3 amide bonds. The van der Waals surface area contributed by atoms with Crippen molar-refractivity contribution in [2.45, 2.75) is 43.8 Å². The molecule has 0 radical (unpaired) electrons. The molecule has 204 valence electrons. The molecular formula is C29H34N6O4. The molecule has 3 N–H and O–H groups in total. The Morgan fingerprint density at radius 2 is 1.95 bits per heavy atom. The van der Waals surface area contributed by atoms with Crippen LogP contribution in [0, 0.1) is 0 Å². The predicted molar refractivity (Wildman–Crippen MR) is 149 cm³/mol. The number of amides is 3. The number of urea groups is 1. The Hall–Kier alpha value is -4.05. The molecule has 4 heterocycles. The number of likely N-dealkylation sites (tertiary alicyclic amines) is 1. The summed E-state index contributed by atoms with van der Waals surface area (Å²) in [5.41, 5.74) is 3.85. The molecule has 6 rings (SSSR count). The van der Waals surface area contributed by atoms with Gasteiger partial charge in [0.2, 0.25) is 0 Å². The zero-order valence-corrected chi connectivity index (χ0v) is 22.0. The van der Waals surface area contributed by atoms with Crippen LogP contribution in [-0.4, -0.2) is 84.7 Å². The maximum atomic E-state index is 13.6. The Bertz CT molecular complexity index is 1320. The van der Waals surface area contributed by atoms with E-state index >= 15 is 0 Å². The number of hydrogen-bond acceptors (Lipinski definition) is 7. The summed E-state index contributed by atoms with van der Waals surface area (Å²) in [7, 11) is 1.65. The van der Waals surface area contributed by atoms with Crippen molar-refractivity contribution in [2.75, 3.05) is 43.6 Å². The lowest BCUT2D eigenvalue weighted by atomic mass is 10.0. The van der Waals surface area contributed by atoms with Gasteiger partial charge in [-0.1, -0.05) is 18.2 Å². The third-order valence-electron chi connectivity index (χ3n) is 8.22. The number of anilines is 2. The Kier molecular flexibility index (Phi) is 6.86. The first-order valence-corrected chi connectivity index (χ1v) is 13.6. The van der Waals surface area contributed by atoms with Gasteiger partial charge in [0.15, 0.2) is 0 Å². The van der Waals surface area contributed by atoms with E-state index in [2.05, 4.69) is 20.5 Å². The SMILES string of the molecule is COc1ccc2c(c1)CCN(C1CCN(C3=CC(C(=O)N4c5ccccc5CC4CO)NC=N3)CC1)C(=O)N2. The number of benzene rings is 2. The van der Waals surface area contributed by atoms with Gasteiger partial charge < -0.3 is 35.2 Å². The van der Waals surface area contributed by atoms with Gasteiger partial charge in [-0.2, -0.15) is 0 Å². The molecule has 0 spiro atoms. The molecule has 2 aromatic rings. The first-order valence-electron chi connectivity index (χ1n) is 13.6. The predicted octanol–water partition coefficient (Wildman–Crippen LogP) is 2.34. The Morgan fingerprint density at radius 1 is 1.13 bits per heavy atom. The van der Waals surface area contributed by atoms with Crippen LogP contribution in [0.5, 0.6) is 5.75 Å². The number of aliphatic hydroxyl groups is 1. The first kappa shape index (κ1) is 25.2. The van der Waals surface area contributed by atoms with Crippen LogP contribution in [0.4, 0.5) is 16.2 Å². The molecule has 2 unspecified atom stereocenters. The van der Waals surface area contributed by atoms with Gasteiger partial charge in [0.25, 0.3) is 5.91 Å². The normalized spacial score (nSPS) is 22.9. The summed E-state index contributed by atoms with van der Waals surface area (Å²) in [5, 5.41) is 16.1. The standard InChI is InChI=1S/C29H34N6O4/c1-39-23-6-7-24-19(15-23)8-13-34(29(38)32-24)21-9-11-33(12-10-21)27-16-25(30-18-31-27)28(37)35-22(17-36)14-20-4-2-3-5-26(20)35/h2-7,15-16,18,21-22,25,36H,8-14,17H2,1H3,(H,30,31)(H,32,38). The second-order valence-corrected chi connectivity index (χ2v) is 10.4. The molecule has 0 aliphatic carbocycles. The van der Waals surface area contributed by atoms with Gasteiger partial charge in [-0.15, -0.1) is 0 Å². The fourth-order valence-corrected chi connectivity index (χ4v) is 6.12. The summed E-state index contributed by atoms with van der Waals surface area (Å²) in [6.45, 7) is 2.05. The molecule has 39 heavy (non-hydrogen) atoms. The number of aliphatic imine (C=N–C) groups is 1. The number of nitrogens with zero attached hydrogens (tertiary/aromatic N) is 4. The fourth-order valence-electron chi connectivity index (χ4n) is 6.12. The van der Waals surface area contributed by atoms with Gasteiger partial charge in [0, 0.05) is 37.1 Å². The summed E-state index contributed by atoms with van der Waals surface area (Å²) < 4.78 is 5.35. The Labute approximate surface area is 227 Å². The number of methoxy groups -OCH3 is 1. The minimum atomic E-state index is -0.567. The van der Waals surface area contributed by atoms with Crippen molar-refractivity contribution in [3.63, 3.8) is 0 Å². The maximum Gasteiger partial charge on any atom is 0.322 e. The van der Waals surface area contributed by atoms with Crippen molar-refractivity contribution in [3.8, 4) is 5.75 Å². The number of carbonyl (C=O) groups excluding carboxylic acids is 2. The smallest absolute Gasteiger partial charge is 0.322 e. The molecule has 0 aromatic heterocycles. The highest BCUT2D eigenvalue weighted by atomic mass is 16.5. The quantitative estimate of drug-likeness (QED) is 0.548. The van der Waals surface area contributed by atoms with Crippen LogP contribution in [-0.2, 0) is 17.6 Å². The number of rotatable bonds is 5. The van der Waals surface area contributed by atoms with Gasteiger partial charge in [-0.25, -0.2) is 9.79 Å². The highest BCUT2D eigenvalue weighted by Crippen LogP contribution is 2.33. The number of para-hydroxylation sites is 1. The van der Waals surface area contributed by atoms with Gasteiger partial charge in [0.1, 0.15) is 17.6 Å². The van der Waals surface area contributed by atoms with E-state index in [-0.39, 0.29) is 30.6 Å². The molecule has 2 atom stereocenters. The topological polar surface area (TPSA) is 110 Å². The Morgan fingerprint density at radius 3 is 2.74 bits per heavy atom. The van der Waals surface area contributed by atoms with Crippen LogP contribution >= 0.6 is 0 Å². The summed E-state index contributed by atoms with van der Waals surface area (Å²) in [6.07, 6.45) is 6.52. The van der Waals surface area contributed by atoms with Crippen molar-refractivity contribution in [3.05, 3.63) is 65.5 Å². The number of carbonyl (C=O) groups is 2. The summed E-state index contributed by atoms with van der Waals surface area (Å²) in [4.78, 5) is 37.0. The van der Waals surface area contributed by atoms with Gasteiger partial charge >= 0.3 is 6.03 Å². The lowest BCUT2D eigenvalue weighted by Crippen LogP contribution is -2.51. The van der Waals surface area contributed by atoms with E-state index in [1.807, 2.05) is 53.4 Å². The van der Waals surface area contributed by atoms with E-state index in [0.717, 1.165) is 66.4 Å². The zero-order valence-electron chi connectivity index (χ0n) is 22.0. The average molecular weight is 531 g/mol. The van der Waals surface area contributed by atoms with Crippen molar-refractivity contribution < 1.29 is 19.4 Å². The number of fused-ring (bicyclic) bond motifs is 2. The lowest BCUT2D eigenvalue weighted by Gasteiger charge is -2.39. The molecule has 2 aromatic carbocycles. The molecule has 1 fully saturated rings. The highest BCUT2D eigenvalue weighted by molar-refractivity contribution is 6.02. The average Bonchev–Trinajstić information content (AvgIpc) is 3.28. The molecule has 10 heteroatoms. The summed E-state index contributed by atoms with van der Waals surface area (Å²) >= 11 is 0. The molecule has 4 aliphatic heterocycles. The van der Waals surface area contributed by atoms with Crippen LogP contribution in [0.25, 0.3) is 0 Å². The van der Waals surface area contributed by atoms with Crippen LogP contribution in [0.15, 0.2) is 59.4 Å². The van der Waals surface area contributed by atoms with E-state index in [1.54, 1.807) is 18.3 Å². The third kappa shape index (κ3) is 4.80. The summed E-state index contributed by atoms with van der Waals surface area (Å²) in [5.74, 6) is 1.45. The zero-order chi connectivity index (χ0) is 26.9. The van der Waals surface area contributed by atoms with Crippen LogP contribution < -0.4 is 20.3 Å². The minimum absolute atomic E-state index is 0.0635. The Balaban J connectivity index is 1.10. The molecule has 4 aliphatic rings. The molecular weight excluding hydrogens is 496 g/mol. The molecule has 0 bridgehead atoms. The van der Waals surface area contributed by atoms with Crippen molar-refractivity contribution in [1.29, 1.82) is 0 Å². The number of nitrogens with one attached hydrogen (secondary N) is 2. The van der Waals surface area contributed by atoms with E-state index in [0.29, 0.717) is 13.0 Å². The van der Waals surface area contributed by atoms with E-state index in [4.69, 9.17) is 4.74 Å². The highest BCUT2D eigenvalue weighted by Gasteiger charge is 2.37. The third-order valence-corrected chi connectivity index (χ3v) is 8.22. The van der Waals surface area contributed by atoms with Crippen molar-refractivity contribution >= 4 is 29.7 Å². The molecule has 1 saturated heterocycles. The number of hydrogen-bond donors (Lipinski definition) is 3. The van der Waals surface area contributed by atoms with E-state index in [1.165, 1.54) is 0 Å². The van der Waals surface area contributed by atoms with Crippen LogP contribution in [0.2, 0.25) is 0 Å². The molecule has 0 saturated carbocycles. The monoisotopic (exact) mass is 530 g/mol. The summed E-state index contributed by atoms with van der Waals surface area (Å²) in [6, 6.07) is 12.8. The van der Waals surface area contributed by atoms with Crippen molar-refractivity contribution in [1.82, 2.24) is 15.1 Å². The number of piperidine rings is 1. The maximum absolute atomic E-state index is 13.6. The first-order chi connectivity index (χ1) is 19.1. The van der Waals surface area contributed by atoms with Crippen molar-refractivity contribution in [2.24, 2.45) is 4.99 Å². The van der Waals surface area contributed by atoms with E-state index < -0.39 is 6.04 Å². The van der Waals surface area contributed by atoms with E-state index in [9.17, 15) is 14.7 Å². The fraction of sp³-hybridized carbons (Fsp3) is 0.414. The largest absolute Gasteiger partial charge is 0.497 e. The van der Waals surface area contributed by atoms with Crippen LogP contribution in [0.3, 0.4) is 0 Å². The van der Waals surface area contributed by atoms with Crippen LogP contribution in [0.1, 0.15) is 24.0 Å². The minimum Gasteiger partial charge on any atom is -0.497 e. The van der Waals surface area contributed by atoms with Gasteiger partial charge in [-0.05, 0) is 67.2 Å². The van der Waals surface area contributed by atoms with Gasteiger partial charge in [-0.3, -0.25) is 4.79 Å². The molecule has 10 nitrogen and oxygen atoms in total. The number of aliphatic hydroxyl groups excluding tert-OH is 1. The number of ether oxygens (including phenoxy) is 1. The second-order valence-electron chi connectivity index (χ2n) is 10.4.